The van der Waals surface area contributed by atoms with Gasteiger partial charge in [-0.25, -0.2) is 0 Å². The van der Waals surface area contributed by atoms with E-state index in [1.54, 1.807) is 14.2 Å². The molecule has 4 nitrogen and oxygen atoms in total. The number of fused-ring (bicyclic) bond motifs is 1. The first kappa shape index (κ1) is 15.6. The zero-order chi connectivity index (χ0) is 17.1. The molecule has 4 heteroatoms. The van der Waals surface area contributed by atoms with E-state index < -0.39 is 0 Å². The average Bonchev–Trinajstić information content (AvgIpc) is 2.94. The van der Waals surface area contributed by atoms with Crippen LogP contribution in [0.3, 0.4) is 0 Å². The Hall–Kier alpha value is -1.94. The van der Waals surface area contributed by atoms with Gasteiger partial charge in [0.15, 0.2) is 17.6 Å². The zero-order valence-corrected chi connectivity index (χ0v) is 15.1. The van der Waals surface area contributed by atoms with Gasteiger partial charge < -0.3 is 14.2 Å². The number of ether oxygens (including phenoxy) is 3. The van der Waals surface area contributed by atoms with Crippen molar-refractivity contribution in [1.82, 2.24) is 4.90 Å². The zero-order valence-electron chi connectivity index (χ0n) is 15.1. The van der Waals surface area contributed by atoms with Crippen molar-refractivity contribution in [3.05, 3.63) is 46.7 Å². The normalized spacial score (nSPS) is 31.2. The average molecular weight is 327 g/mol. The number of likely N-dealkylation sites (N-methyl/N-ethyl adjacent to an activating group) is 1. The van der Waals surface area contributed by atoms with Crippen molar-refractivity contribution in [3.8, 4) is 11.5 Å². The van der Waals surface area contributed by atoms with Crippen molar-refractivity contribution in [1.29, 1.82) is 0 Å². The van der Waals surface area contributed by atoms with Gasteiger partial charge in [0, 0.05) is 11.6 Å². The molecule has 1 aliphatic carbocycles. The maximum absolute atomic E-state index is 6.48. The number of piperidine rings is 1. The predicted octanol–water partition coefficient (Wildman–Crippen LogP) is 3.20. The highest BCUT2D eigenvalue weighted by molar-refractivity contribution is 5.64. The van der Waals surface area contributed by atoms with Crippen molar-refractivity contribution in [2.45, 2.75) is 37.8 Å². The van der Waals surface area contributed by atoms with Crippen LogP contribution in [0.1, 0.15) is 24.5 Å². The Morgan fingerprint density at radius 1 is 1.21 bits per heavy atom. The molecule has 1 saturated heterocycles. The summed E-state index contributed by atoms with van der Waals surface area (Å²) >= 11 is 0. The summed E-state index contributed by atoms with van der Waals surface area (Å²) in [6.07, 6.45) is 5.23. The highest BCUT2D eigenvalue weighted by atomic mass is 16.6. The minimum absolute atomic E-state index is 0.108. The SMILES string of the molecule is COC1=CC=C2[C@@H](C)N(C)CCC23c2c(C)ccc(OC)c2OC13. The summed E-state index contributed by atoms with van der Waals surface area (Å²) in [6, 6.07) is 4.51. The Bertz CT molecular complexity index is 751. The van der Waals surface area contributed by atoms with Crippen LogP contribution in [0.15, 0.2) is 35.6 Å². The number of likely N-dealkylation sites (tertiary alicyclic amines) is 1. The topological polar surface area (TPSA) is 30.9 Å². The van der Waals surface area contributed by atoms with Gasteiger partial charge in [-0.3, -0.25) is 4.90 Å². The van der Waals surface area contributed by atoms with Crippen LogP contribution in [0.4, 0.5) is 0 Å². The Morgan fingerprint density at radius 3 is 2.71 bits per heavy atom. The molecule has 1 spiro atoms. The number of benzene rings is 1. The molecule has 1 fully saturated rings. The second-order valence-corrected chi connectivity index (χ2v) is 7.06. The van der Waals surface area contributed by atoms with Gasteiger partial charge in [0.25, 0.3) is 0 Å². The van der Waals surface area contributed by atoms with Crippen molar-refractivity contribution in [2.75, 3.05) is 27.8 Å². The van der Waals surface area contributed by atoms with E-state index in [9.17, 15) is 0 Å². The third kappa shape index (κ3) is 1.78. The van der Waals surface area contributed by atoms with Crippen LogP contribution >= 0.6 is 0 Å². The lowest BCUT2D eigenvalue weighted by molar-refractivity contribution is 0.0807. The van der Waals surface area contributed by atoms with Gasteiger partial charge in [0.05, 0.1) is 19.6 Å². The Balaban J connectivity index is 2.00. The minimum atomic E-state index is -0.153. The van der Waals surface area contributed by atoms with Gasteiger partial charge in [-0.05, 0) is 57.1 Å². The summed E-state index contributed by atoms with van der Waals surface area (Å²) in [6.45, 7) is 5.48. The van der Waals surface area contributed by atoms with Gasteiger partial charge in [-0.1, -0.05) is 12.1 Å². The van der Waals surface area contributed by atoms with E-state index in [4.69, 9.17) is 14.2 Å². The Labute approximate surface area is 143 Å². The molecule has 3 aliphatic rings. The van der Waals surface area contributed by atoms with Crippen molar-refractivity contribution >= 4 is 0 Å². The van der Waals surface area contributed by atoms with E-state index in [0.29, 0.717) is 6.04 Å². The lowest BCUT2D eigenvalue weighted by Gasteiger charge is -2.48. The number of rotatable bonds is 2. The van der Waals surface area contributed by atoms with E-state index in [2.05, 4.69) is 44.0 Å². The van der Waals surface area contributed by atoms with Gasteiger partial charge in [-0.15, -0.1) is 0 Å². The first-order chi connectivity index (χ1) is 11.5. The molecule has 128 valence electrons. The molecule has 24 heavy (non-hydrogen) atoms. The predicted molar refractivity (Wildman–Crippen MR) is 93.7 cm³/mol. The molecule has 0 saturated carbocycles. The molecule has 4 rings (SSSR count). The maximum atomic E-state index is 6.48. The highest BCUT2D eigenvalue weighted by Crippen LogP contribution is 2.59. The molecule has 0 radical (unpaired) electrons. The molecular formula is C20H25NO3. The van der Waals surface area contributed by atoms with E-state index in [1.165, 1.54) is 16.7 Å². The van der Waals surface area contributed by atoms with Gasteiger partial charge in [0.1, 0.15) is 5.76 Å². The maximum Gasteiger partial charge on any atom is 0.169 e. The standard InChI is InChI=1S/C20H25NO3/c1-12-6-8-15(22-4)18-17(12)20-10-11-21(3)13(2)14(20)7-9-16(23-5)19(20)24-18/h6-9,13,19H,10-11H2,1-5H3/t13-,19?,20?/m1/s1. The lowest BCUT2D eigenvalue weighted by atomic mass is 9.61. The third-order valence-electron chi connectivity index (χ3n) is 6.09. The van der Waals surface area contributed by atoms with Crippen molar-refractivity contribution < 1.29 is 14.2 Å². The monoisotopic (exact) mass is 327 g/mol. The van der Waals surface area contributed by atoms with Crippen LogP contribution in [-0.4, -0.2) is 44.9 Å². The van der Waals surface area contributed by atoms with E-state index >= 15 is 0 Å². The molecule has 2 heterocycles. The second kappa shape index (κ2) is 5.28. The summed E-state index contributed by atoms with van der Waals surface area (Å²) in [7, 11) is 5.63. The van der Waals surface area contributed by atoms with Crippen LogP contribution in [-0.2, 0) is 10.2 Å². The number of hydrogen-bond donors (Lipinski definition) is 0. The molecule has 2 unspecified atom stereocenters. The fraction of sp³-hybridized carbons (Fsp3) is 0.500. The number of nitrogens with zero attached hydrogens (tertiary/aromatic N) is 1. The summed E-state index contributed by atoms with van der Waals surface area (Å²) in [5.74, 6) is 2.59. The molecular weight excluding hydrogens is 302 g/mol. The summed E-state index contributed by atoms with van der Waals surface area (Å²) in [4.78, 5) is 2.41. The van der Waals surface area contributed by atoms with E-state index in [-0.39, 0.29) is 11.5 Å². The van der Waals surface area contributed by atoms with Crippen LogP contribution in [0, 0.1) is 6.92 Å². The molecule has 0 bridgehead atoms. The van der Waals surface area contributed by atoms with Crippen LogP contribution in [0.25, 0.3) is 0 Å². The largest absolute Gasteiger partial charge is 0.497 e. The molecule has 0 N–H and O–H groups in total. The number of aryl methyl sites for hydroxylation is 1. The van der Waals surface area contributed by atoms with Gasteiger partial charge >= 0.3 is 0 Å². The lowest BCUT2D eigenvalue weighted by Crippen LogP contribution is -2.54. The Morgan fingerprint density at radius 2 is 2.00 bits per heavy atom. The minimum Gasteiger partial charge on any atom is -0.497 e. The van der Waals surface area contributed by atoms with E-state index in [1.807, 2.05) is 6.07 Å². The van der Waals surface area contributed by atoms with Crippen molar-refractivity contribution in [2.24, 2.45) is 0 Å². The number of allylic oxidation sites excluding steroid dienone is 2. The number of methoxy groups -OCH3 is 2. The molecule has 1 aromatic carbocycles. The first-order valence-corrected chi connectivity index (χ1v) is 8.55. The molecule has 2 aliphatic heterocycles. The van der Waals surface area contributed by atoms with E-state index in [0.717, 1.165) is 30.2 Å². The molecule has 1 aromatic rings. The second-order valence-electron chi connectivity index (χ2n) is 7.06. The fourth-order valence-corrected chi connectivity index (χ4v) is 4.72. The molecule has 0 aromatic heterocycles. The van der Waals surface area contributed by atoms with Crippen LogP contribution in [0.5, 0.6) is 11.5 Å². The van der Waals surface area contributed by atoms with Gasteiger partial charge in [-0.2, -0.15) is 0 Å². The summed E-state index contributed by atoms with van der Waals surface area (Å²) in [5, 5.41) is 0. The quantitative estimate of drug-likeness (QED) is 0.835. The summed E-state index contributed by atoms with van der Waals surface area (Å²) in [5.41, 5.74) is 3.80. The van der Waals surface area contributed by atoms with Crippen LogP contribution in [0.2, 0.25) is 0 Å². The highest BCUT2D eigenvalue weighted by Gasteiger charge is 2.58. The first-order valence-electron chi connectivity index (χ1n) is 8.55. The summed E-state index contributed by atoms with van der Waals surface area (Å²) < 4.78 is 17.8. The fourth-order valence-electron chi connectivity index (χ4n) is 4.72. The Kier molecular flexibility index (Phi) is 3.43. The molecule has 3 atom stereocenters. The third-order valence-corrected chi connectivity index (χ3v) is 6.09. The smallest absolute Gasteiger partial charge is 0.169 e. The van der Waals surface area contributed by atoms with Crippen molar-refractivity contribution in [3.63, 3.8) is 0 Å². The van der Waals surface area contributed by atoms with Crippen LogP contribution < -0.4 is 9.47 Å². The number of hydrogen-bond acceptors (Lipinski definition) is 4. The van der Waals surface area contributed by atoms with Gasteiger partial charge in [0.2, 0.25) is 0 Å². The molecule has 0 amide bonds.